The Morgan fingerprint density at radius 1 is 1.07 bits per heavy atom. The van der Waals surface area contributed by atoms with Crippen molar-refractivity contribution >= 4 is 29.1 Å². The number of methoxy groups -OCH3 is 1. The predicted octanol–water partition coefficient (Wildman–Crippen LogP) is 2.13. The average Bonchev–Trinajstić information content (AvgIpc) is 3.46. The lowest BCUT2D eigenvalue weighted by Crippen LogP contribution is -2.54. The summed E-state index contributed by atoms with van der Waals surface area (Å²) in [5.74, 6) is -1.40. The largest absolute Gasteiger partial charge is 0.497 e. The summed E-state index contributed by atoms with van der Waals surface area (Å²) >= 11 is 0. The van der Waals surface area contributed by atoms with Gasteiger partial charge in [0.1, 0.15) is 11.3 Å². The van der Waals surface area contributed by atoms with Gasteiger partial charge in [-0.2, -0.15) is 0 Å². The van der Waals surface area contributed by atoms with Gasteiger partial charge in [0, 0.05) is 23.4 Å². The van der Waals surface area contributed by atoms with Crippen LogP contribution in [0.1, 0.15) is 18.4 Å². The third kappa shape index (κ3) is 1.91. The number of para-hydroxylation sites is 1. The highest BCUT2D eigenvalue weighted by Gasteiger charge is 2.74. The molecule has 1 spiro atoms. The van der Waals surface area contributed by atoms with Gasteiger partial charge in [-0.1, -0.05) is 24.3 Å². The van der Waals surface area contributed by atoms with Gasteiger partial charge in [-0.25, -0.2) is 4.90 Å². The Morgan fingerprint density at radius 2 is 1.90 bits per heavy atom. The molecule has 7 heteroatoms. The molecule has 0 unspecified atom stereocenters. The second-order valence-electron chi connectivity index (χ2n) is 8.39. The Morgan fingerprint density at radius 3 is 2.73 bits per heavy atom. The van der Waals surface area contributed by atoms with Crippen LogP contribution in [-0.4, -0.2) is 42.3 Å². The lowest BCUT2D eigenvalue weighted by atomic mass is 9.75. The summed E-state index contributed by atoms with van der Waals surface area (Å²) in [5, 5.41) is 2.98. The van der Waals surface area contributed by atoms with Crippen molar-refractivity contribution in [3.63, 3.8) is 0 Å². The van der Waals surface area contributed by atoms with E-state index in [1.807, 2.05) is 24.3 Å². The zero-order valence-corrected chi connectivity index (χ0v) is 16.5. The molecule has 4 aliphatic rings. The highest BCUT2D eigenvalue weighted by atomic mass is 16.5. The van der Waals surface area contributed by atoms with Crippen LogP contribution in [0, 0.1) is 11.8 Å². The Bertz CT molecular complexity index is 1120. The maximum absolute atomic E-state index is 13.8. The SMILES string of the molecule is COc1cccc(N2C(=O)[C@@H]3[C@@H]4CCCN4[C@@]4(C(=O)Nc5ccccc54)[C@H]3C2=O)c1. The number of anilines is 2. The molecule has 7 nitrogen and oxygen atoms in total. The van der Waals surface area contributed by atoms with Crippen LogP contribution in [0.4, 0.5) is 11.4 Å². The summed E-state index contributed by atoms with van der Waals surface area (Å²) in [5.41, 5.74) is 0.907. The molecule has 0 bridgehead atoms. The third-order valence-corrected chi connectivity index (χ3v) is 7.21. The minimum absolute atomic E-state index is 0.112. The molecule has 0 aromatic heterocycles. The first-order chi connectivity index (χ1) is 14.6. The molecule has 0 radical (unpaired) electrons. The van der Waals surface area contributed by atoms with Crippen LogP contribution in [0.15, 0.2) is 48.5 Å². The standard InChI is InChI=1S/C23H21N3O4/c1-30-14-7-4-6-13(12-14)26-20(27)18-17-10-5-11-25(17)23(19(18)21(26)28)15-8-2-3-9-16(15)24-22(23)29/h2-4,6-9,12,17-19H,5,10-11H2,1H3,(H,24,29)/t17-,18+,19+,23+/m0/s1. The molecule has 4 atom stereocenters. The molecule has 3 saturated heterocycles. The van der Waals surface area contributed by atoms with Crippen molar-refractivity contribution in [1.82, 2.24) is 4.90 Å². The Kier molecular flexibility index (Phi) is 3.48. The number of hydrogen-bond acceptors (Lipinski definition) is 5. The normalized spacial score (nSPS) is 31.8. The molecule has 0 aliphatic carbocycles. The molecule has 6 rings (SSSR count). The Balaban J connectivity index is 1.54. The molecule has 2 aromatic carbocycles. The molecule has 4 aliphatic heterocycles. The molecular formula is C23H21N3O4. The van der Waals surface area contributed by atoms with E-state index in [4.69, 9.17) is 4.74 Å². The summed E-state index contributed by atoms with van der Waals surface area (Å²) in [6.07, 6.45) is 1.72. The smallest absolute Gasteiger partial charge is 0.250 e. The lowest BCUT2D eigenvalue weighted by Gasteiger charge is -2.36. The maximum atomic E-state index is 13.8. The van der Waals surface area contributed by atoms with Crippen molar-refractivity contribution in [2.45, 2.75) is 24.4 Å². The molecule has 4 heterocycles. The predicted molar refractivity (Wildman–Crippen MR) is 109 cm³/mol. The number of amides is 3. The highest BCUT2D eigenvalue weighted by molar-refractivity contribution is 6.25. The van der Waals surface area contributed by atoms with Crippen molar-refractivity contribution in [1.29, 1.82) is 0 Å². The number of imide groups is 1. The molecule has 1 N–H and O–H groups in total. The molecule has 3 amide bonds. The van der Waals surface area contributed by atoms with Gasteiger partial charge in [0.25, 0.3) is 0 Å². The first-order valence-electron chi connectivity index (χ1n) is 10.3. The zero-order chi connectivity index (χ0) is 20.6. The fourth-order valence-electron chi connectivity index (χ4n) is 6.16. The minimum Gasteiger partial charge on any atom is -0.497 e. The van der Waals surface area contributed by atoms with Gasteiger partial charge in [-0.05, 0) is 37.6 Å². The number of benzene rings is 2. The molecular weight excluding hydrogens is 382 g/mol. The molecule has 152 valence electrons. The molecule has 3 fully saturated rings. The number of fused-ring (bicyclic) bond motifs is 7. The van der Waals surface area contributed by atoms with E-state index in [1.165, 1.54) is 4.90 Å². The van der Waals surface area contributed by atoms with Gasteiger partial charge < -0.3 is 10.1 Å². The van der Waals surface area contributed by atoms with E-state index < -0.39 is 17.4 Å². The Hall–Kier alpha value is -3.19. The van der Waals surface area contributed by atoms with Crippen LogP contribution in [0.2, 0.25) is 0 Å². The van der Waals surface area contributed by atoms with Crippen LogP contribution >= 0.6 is 0 Å². The second kappa shape index (κ2) is 5.92. The van der Waals surface area contributed by atoms with Crippen molar-refractivity contribution < 1.29 is 19.1 Å². The summed E-state index contributed by atoms with van der Waals surface area (Å²) in [7, 11) is 1.55. The minimum atomic E-state index is -1.12. The van der Waals surface area contributed by atoms with Crippen molar-refractivity contribution in [3.05, 3.63) is 54.1 Å². The van der Waals surface area contributed by atoms with E-state index >= 15 is 0 Å². The van der Waals surface area contributed by atoms with E-state index in [0.717, 1.165) is 24.1 Å². The fourth-order valence-corrected chi connectivity index (χ4v) is 6.16. The summed E-state index contributed by atoms with van der Waals surface area (Å²) < 4.78 is 5.28. The van der Waals surface area contributed by atoms with Crippen LogP contribution in [0.25, 0.3) is 0 Å². The lowest BCUT2D eigenvalue weighted by molar-refractivity contribution is -0.135. The van der Waals surface area contributed by atoms with Gasteiger partial charge in [-0.3, -0.25) is 19.3 Å². The Labute approximate surface area is 173 Å². The average molecular weight is 403 g/mol. The third-order valence-electron chi connectivity index (χ3n) is 7.21. The summed E-state index contributed by atoms with van der Waals surface area (Å²) in [6.45, 7) is 0.707. The van der Waals surface area contributed by atoms with Gasteiger partial charge in [0.2, 0.25) is 17.7 Å². The second-order valence-corrected chi connectivity index (χ2v) is 8.39. The number of nitrogens with zero attached hydrogens (tertiary/aromatic N) is 2. The van der Waals surface area contributed by atoms with Crippen LogP contribution < -0.4 is 15.0 Å². The van der Waals surface area contributed by atoms with Gasteiger partial charge in [0.05, 0.1) is 24.6 Å². The van der Waals surface area contributed by atoms with Crippen LogP contribution in [0.3, 0.4) is 0 Å². The van der Waals surface area contributed by atoms with E-state index in [1.54, 1.807) is 31.4 Å². The molecule has 0 saturated carbocycles. The van der Waals surface area contributed by atoms with Gasteiger partial charge in [0.15, 0.2) is 0 Å². The topological polar surface area (TPSA) is 79.0 Å². The van der Waals surface area contributed by atoms with E-state index in [2.05, 4.69) is 10.2 Å². The number of ether oxygens (including phenoxy) is 1. The maximum Gasteiger partial charge on any atom is 0.250 e. The number of hydrogen-bond donors (Lipinski definition) is 1. The zero-order valence-electron chi connectivity index (χ0n) is 16.5. The van der Waals surface area contributed by atoms with E-state index in [0.29, 0.717) is 18.0 Å². The number of carbonyl (C=O) groups excluding carboxylic acids is 3. The van der Waals surface area contributed by atoms with Crippen molar-refractivity contribution in [3.8, 4) is 5.75 Å². The number of nitrogens with one attached hydrogen (secondary N) is 1. The van der Waals surface area contributed by atoms with E-state index in [-0.39, 0.29) is 23.8 Å². The first kappa shape index (κ1) is 17.7. The van der Waals surface area contributed by atoms with Crippen molar-refractivity contribution in [2.24, 2.45) is 11.8 Å². The first-order valence-corrected chi connectivity index (χ1v) is 10.3. The molecule has 2 aromatic rings. The van der Waals surface area contributed by atoms with E-state index in [9.17, 15) is 14.4 Å². The van der Waals surface area contributed by atoms with Gasteiger partial charge >= 0.3 is 0 Å². The summed E-state index contributed by atoms with van der Waals surface area (Å²) in [6, 6.07) is 14.4. The highest BCUT2D eigenvalue weighted by Crippen LogP contribution is 2.60. The number of carbonyl (C=O) groups is 3. The summed E-state index contributed by atoms with van der Waals surface area (Å²) in [4.78, 5) is 44.3. The number of rotatable bonds is 2. The quantitative estimate of drug-likeness (QED) is 0.778. The van der Waals surface area contributed by atoms with Crippen LogP contribution in [0.5, 0.6) is 5.75 Å². The monoisotopic (exact) mass is 403 g/mol. The van der Waals surface area contributed by atoms with Crippen LogP contribution in [-0.2, 0) is 19.9 Å². The van der Waals surface area contributed by atoms with Gasteiger partial charge in [-0.15, -0.1) is 0 Å². The van der Waals surface area contributed by atoms with Crippen molar-refractivity contribution in [2.75, 3.05) is 23.9 Å². The molecule has 30 heavy (non-hydrogen) atoms. The fraction of sp³-hybridized carbons (Fsp3) is 0.348.